The Labute approximate surface area is 124 Å². The van der Waals surface area contributed by atoms with Crippen LogP contribution in [-0.4, -0.2) is 35.2 Å². The van der Waals surface area contributed by atoms with Crippen LogP contribution in [0.4, 0.5) is 0 Å². The number of hydrogen-bond acceptors (Lipinski definition) is 5. The molecule has 3 aromatic rings. The van der Waals surface area contributed by atoms with E-state index in [0.29, 0.717) is 23.2 Å². The molecule has 0 unspecified atom stereocenters. The topological polar surface area (TPSA) is 73.6 Å². The molecule has 3 rings (SSSR count). The van der Waals surface area contributed by atoms with E-state index in [1.54, 1.807) is 23.1 Å². The van der Waals surface area contributed by atoms with Gasteiger partial charge in [-0.15, -0.1) is 10.2 Å². The Morgan fingerprint density at radius 2 is 2.00 bits per heavy atom. The van der Waals surface area contributed by atoms with E-state index in [9.17, 15) is 4.21 Å². The van der Waals surface area contributed by atoms with Crippen molar-refractivity contribution < 1.29 is 4.21 Å². The normalized spacial score (nSPS) is 12.2. The summed E-state index contributed by atoms with van der Waals surface area (Å²) in [6, 6.07) is 11.7. The number of benzene rings is 1. The van der Waals surface area contributed by atoms with Crippen LogP contribution in [0.5, 0.6) is 0 Å². The van der Waals surface area contributed by atoms with E-state index in [1.165, 1.54) is 6.33 Å². The minimum absolute atomic E-state index is 0.374. The molecule has 0 saturated carbocycles. The molecule has 0 fully saturated rings. The van der Waals surface area contributed by atoms with E-state index in [1.807, 2.05) is 30.3 Å². The zero-order valence-electron chi connectivity index (χ0n) is 11.4. The van der Waals surface area contributed by atoms with Gasteiger partial charge in [-0.25, -0.2) is 9.97 Å². The van der Waals surface area contributed by atoms with Crippen LogP contribution in [0.2, 0.25) is 0 Å². The second kappa shape index (κ2) is 5.92. The molecular weight excluding hydrogens is 286 g/mol. The van der Waals surface area contributed by atoms with E-state index >= 15 is 0 Å². The monoisotopic (exact) mass is 299 g/mol. The Balaban J connectivity index is 1.93. The van der Waals surface area contributed by atoms with Crippen molar-refractivity contribution in [3.05, 3.63) is 60.3 Å². The zero-order chi connectivity index (χ0) is 14.7. The summed E-state index contributed by atoms with van der Waals surface area (Å²) in [7, 11) is -1.23. The van der Waals surface area contributed by atoms with Crippen LogP contribution >= 0.6 is 0 Å². The first kappa shape index (κ1) is 13.6. The van der Waals surface area contributed by atoms with E-state index in [-0.39, 0.29) is 0 Å². The SMILES string of the molecule is C[S@](=O)c1nncn1-c1ccnc(Cc2ccccc2)n1. The first-order chi connectivity index (χ1) is 10.2. The van der Waals surface area contributed by atoms with E-state index in [0.717, 1.165) is 5.56 Å². The molecule has 0 aliphatic carbocycles. The quantitative estimate of drug-likeness (QED) is 0.728. The number of aromatic nitrogens is 5. The van der Waals surface area contributed by atoms with E-state index in [4.69, 9.17) is 0 Å². The maximum atomic E-state index is 11.6. The highest BCUT2D eigenvalue weighted by Gasteiger charge is 2.11. The standard InChI is InChI=1S/C14H13N5OS/c1-21(20)14-18-16-10-19(14)13-7-8-15-12(17-13)9-11-5-3-2-4-6-11/h2-8,10H,9H2,1H3/t21-/m0/s1. The molecule has 0 bridgehead atoms. The van der Waals surface area contributed by atoms with Crippen LogP contribution in [0.25, 0.3) is 5.82 Å². The maximum Gasteiger partial charge on any atom is 0.226 e. The molecule has 1 atom stereocenters. The summed E-state index contributed by atoms with van der Waals surface area (Å²) < 4.78 is 13.2. The van der Waals surface area contributed by atoms with Gasteiger partial charge in [0, 0.05) is 18.9 Å². The third kappa shape index (κ3) is 3.03. The van der Waals surface area contributed by atoms with Crippen LogP contribution in [0, 0.1) is 0 Å². The second-order valence-corrected chi connectivity index (χ2v) is 5.70. The van der Waals surface area contributed by atoms with Gasteiger partial charge < -0.3 is 0 Å². The minimum atomic E-state index is -1.23. The molecule has 2 heterocycles. The molecule has 1 aromatic carbocycles. The predicted molar refractivity (Wildman–Crippen MR) is 78.5 cm³/mol. The van der Waals surface area contributed by atoms with Gasteiger partial charge in [0.05, 0.1) is 10.8 Å². The maximum absolute atomic E-state index is 11.6. The highest BCUT2D eigenvalue weighted by molar-refractivity contribution is 7.84. The molecule has 0 N–H and O–H groups in total. The zero-order valence-corrected chi connectivity index (χ0v) is 12.2. The average molecular weight is 299 g/mol. The predicted octanol–water partition coefficient (Wildman–Crippen LogP) is 1.39. The second-order valence-electron chi connectivity index (χ2n) is 4.43. The van der Waals surface area contributed by atoms with Gasteiger partial charge in [0.2, 0.25) is 5.16 Å². The van der Waals surface area contributed by atoms with Crippen molar-refractivity contribution in [1.82, 2.24) is 24.7 Å². The first-order valence-electron chi connectivity index (χ1n) is 6.34. The van der Waals surface area contributed by atoms with E-state index in [2.05, 4.69) is 20.2 Å². The third-order valence-corrected chi connectivity index (χ3v) is 3.71. The number of nitrogens with zero attached hydrogens (tertiary/aromatic N) is 5. The molecule has 0 amide bonds. The van der Waals surface area contributed by atoms with Gasteiger partial charge in [0.1, 0.15) is 18.0 Å². The average Bonchev–Trinajstić information content (AvgIpc) is 2.98. The van der Waals surface area contributed by atoms with Gasteiger partial charge in [-0.1, -0.05) is 30.3 Å². The fourth-order valence-corrected chi connectivity index (χ4v) is 2.54. The summed E-state index contributed by atoms with van der Waals surface area (Å²) >= 11 is 0. The highest BCUT2D eigenvalue weighted by Crippen LogP contribution is 2.11. The van der Waals surface area contributed by atoms with Gasteiger partial charge in [-0.2, -0.15) is 0 Å². The van der Waals surface area contributed by atoms with Gasteiger partial charge in [0.15, 0.2) is 0 Å². The van der Waals surface area contributed by atoms with Crippen molar-refractivity contribution in [3.63, 3.8) is 0 Å². The molecule has 6 nitrogen and oxygen atoms in total. The first-order valence-corrected chi connectivity index (χ1v) is 7.89. The van der Waals surface area contributed by atoms with Gasteiger partial charge in [0.25, 0.3) is 0 Å². The van der Waals surface area contributed by atoms with Crippen molar-refractivity contribution in [1.29, 1.82) is 0 Å². The van der Waals surface area contributed by atoms with E-state index < -0.39 is 10.8 Å². The fourth-order valence-electron chi connectivity index (χ4n) is 1.96. The lowest BCUT2D eigenvalue weighted by atomic mass is 10.1. The summed E-state index contributed by atoms with van der Waals surface area (Å²) in [6.45, 7) is 0. The van der Waals surface area contributed by atoms with Crippen LogP contribution < -0.4 is 0 Å². The number of hydrogen-bond donors (Lipinski definition) is 0. The summed E-state index contributed by atoms with van der Waals surface area (Å²) in [6.07, 6.45) is 5.39. The number of rotatable bonds is 4. The minimum Gasteiger partial charge on any atom is -0.258 e. The van der Waals surface area contributed by atoms with Crippen molar-refractivity contribution in [2.45, 2.75) is 11.6 Å². The van der Waals surface area contributed by atoms with Crippen molar-refractivity contribution in [2.24, 2.45) is 0 Å². The molecule has 2 aromatic heterocycles. The summed E-state index contributed by atoms with van der Waals surface area (Å²) in [5, 5.41) is 8.03. The lowest BCUT2D eigenvalue weighted by Crippen LogP contribution is -2.06. The van der Waals surface area contributed by atoms with Gasteiger partial charge in [-0.05, 0) is 11.6 Å². The lowest BCUT2D eigenvalue weighted by Gasteiger charge is -2.06. The Kier molecular flexibility index (Phi) is 3.83. The molecular formula is C14H13N5OS. The summed E-state index contributed by atoms with van der Waals surface area (Å²) in [5.41, 5.74) is 1.14. The molecule has 0 radical (unpaired) electrons. The molecule has 106 valence electrons. The van der Waals surface area contributed by atoms with Gasteiger partial charge >= 0.3 is 0 Å². The molecule has 0 spiro atoms. The highest BCUT2D eigenvalue weighted by atomic mass is 32.2. The van der Waals surface area contributed by atoms with Gasteiger partial charge in [-0.3, -0.25) is 8.78 Å². The molecule has 0 aliphatic rings. The molecule has 0 aliphatic heterocycles. The fraction of sp³-hybridized carbons (Fsp3) is 0.143. The van der Waals surface area contributed by atoms with Crippen LogP contribution in [0.1, 0.15) is 11.4 Å². The Bertz CT molecular complexity index is 772. The van der Waals surface area contributed by atoms with Crippen molar-refractivity contribution >= 4 is 10.8 Å². The van der Waals surface area contributed by atoms with Crippen LogP contribution in [0.3, 0.4) is 0 Å². The molecule has 21 heavy (non-hydrogen) atoms. The smallest absolute Gasteiger partial charge is 0.226 e. The van der Waals surface area contributed by atoms with Crippen LogP contribution in [0.15, 0.2) is 54.1 Å². The largest absolute Gasteiger partial charge is 0.258 e. The van der Waals surface area contributed by atoms with Crippen molar-refractivity contribution in [3.8, 4) is 5.82 Å². The summed E-state index contributed by atoms with van der Waals surface area (Å²) in [5.74, 6) is 1.31. The Hall–Kier alpha value is -2.41. The molecule has 0 saturated heterocycles. The third-order valence-electron chi connectivity index (χ3n) is 2.92. The Morgan fingerprint density at radius 1 is 1.19 bits per heavy atom. The Morgan fingerprint density at radius 3 is 2.76 bits per heavy atom. The summed E-state index contributed by atoms with van der Waals surface area (Å²) in [4.78, 5) is 8.77. The lowest BCUT2D eigenvalue weighted by molar-refractivity contribution is 0.674. The molecule has 7 heteroatoms. The van der Waals surface area contributed by atoms with Crippen molar-refractivity contribution in [2.75, 3.05) is 6.26 Å². The van der Waals surface area contributed by atoms with Crippen LogP contribution in [-0.2, 0) is 17.2 Å².